The van der Waals surface area contributed by atoms with E-state index in [4.69, 9.17) is 4.74 Å². The van der Waals surface area contributed by atoms with Gasteiger partial charge in [0.05, 0.1) is 7.11 Å². The Labute approximate surface area is 109 Å². The van der Waals surface area contributed by atoms with Crippen LogP contribution in [0.1, 0.15) is 25.3 Å². The van der Waals surface area contributed by atoms with Crippen LogP contribution in [0.2, 0.25) is 0 Å². The van der Waals surface area contributed by atoms with Crippen LogP contribution < -0.4 is 4.74 Å². The number of carbonyl (C=O) groups is 1. The number of nitrogens with zero attached hydrogens (tertiary/aromatic N) is 1. The van der Waals surface area contributed by atoms with Crippen molar-refractivity contribution in [2.45, 2.75) is 26.2 Å². The fraction of sp³-hybridized carbons (Fsp3) is 0.533. The van der Waals surface area contributed by atoms with Gasteiger partial charge >= 0.3 is 0 Å². The molecule has 1 aliphatic heterocycles. The van der Waals surface area contributed by atoms with Crippen LogP contribution in [-0.4, -0.2) is 31.0 Å². The summed E-state index contributed by atoms with van der Waals surface area (Å²) < 4.78 is 5.11. The fourth-order valence-electron chi connectivity index (χ4n) is 2.36. The predicted octanol–water partition coefficient (Wildman–Crippen LogP) is 2.50. The van der Waals surface area contributed by atoms with Crippen LogP contribution in [0.5, 0.6) is 5.75 Å². The van der Waals surface area contributed by atoms with Crippen LogP contribution >= 0.6 is 0 Å². The number of ether oxygens (including phenoxy) is 1. The third-order valence-electron chi connectivity index (χ3n) is 3.56. The maximum Gasteiger partial charge on any atom is 0.222 e. The molecule has 1 aromatic rings. The molecule has 3 nitrogen and oxygen atoms in total. The van der Waals surface area contributed by atoms with Gasteiger partial charge < -0.3 is 9.64 Å². The van der Waals surface area contributed by atoms with Crippen LogP contribution in [0.25, 0.3) is 0 Å². The summed E-state index contributed by atoms with van der Waals surface area (Å²) in [5.74, 6) is 1.81. The van der Waals surface area contributed by atoms with Gasteiger partial charge in [-0.05, 0) is 36.5 Å². The first-order chi connectivity index (χ1) is 8.69. The Hall–Kier alpha value is -1.51. The van der Waals surface area contributed by atoms with E-state index in [1.54, 1.807) is 7.11 Å². The third kappa shape index (κ3) is 3.25. The summed E-state index contributed by atoms with van der Waals surface area (Å²) in [5.41, 5.74) is 1.19. The molecule has 2 rings (SSSR count). The van der Waals surface area contributed by atoms with Crippen molar-refractivity contribution in [2.24, 2.45) is 5.92 Å². The number of rotatable bonds is 4. The van der Waals surface area contributed by atoms with E-state index >= 15 is 0 Å². The monoisotopic (exact) mass is 247 g/mol. The lowest BCUT2D eigenvalue weighted by molar-refractivity contribution is -0.130. The summed E-state index contributed by atoms with van der Waals surface area (Å²) in [5, 5.41) is 0. The molecule has 0 saturated carbocycles. The molecule has 1 atom stereocenters. The Morgan fingerprint density at radius 2 is 2.11 bits per heavy atom. The predicted molar refractivity (Wildman–Crippen MR) is 71.7 cm³/mol. The molecule has 1 aromatic carbocycles. The molecule has 0 spiro atoms. The van der Waals surface area contributed by atoms with Crippen molar-refractivity contribution in [2.75, 3.05) is 20.2 Å². The molecule has 1 amide bonds. The minimum Gasteiger partial charge on any atom is -0.497 e. The highest BCUT2D eigenvalue weighted by molar-refractivity contribution is 5.76. The van der Waals surface area contributed by atoms with E-state index in [9.17, 15) is 4.79 Å². The molecule has 0 aromatic heterocycles. The summed E-state index contributed by atoms with van der Waals surface area (Å²) in [6.07, 6.45) is 2.57. The second kappa shape index (κ2) is 5.89. The normalized spacial score (nSPS) is 19.0. The molecular formula is C15H21NO2. The van der Waals surface area contributed by atoms with Gasteiger partial charge in [0.15, 0.2) is 0 Å². The molecule has 0 aliphatic carbocycles. The average molecular weight is 247 g/mol. The zero-order valence-corrected chi connectivity index (χ0v) is 11.2. The smallest absolute Gasteiger partial charge is 0.222 e. The molecule has 3 heteroatoms. The third-order valence-corrected chi connectivity index (χ3v) is 3.56. The number of methoxy groups -OCH3 is 1. The molecular weight excluding hydrogens is 226 g/mol. The molecule has 1 heterocycles. The average Bonchev–Trinajstić information content (AvgIpc) is 2.83. The summed E-state index contributed by atoms with van der Waals surface area (Å²) in [4.78, 5) is 14.0. The van der Waals surface area contributed by atoms with Gasteiger partial charge in [-0.15, -0.1) is 0 Å². The molecule has 18 heavy (non-hydrogen) atoms. The fourth-order valence-corrected chi connectivity index (χ4v) is 2.36. The van der Waals surface area contributed by atoms with Crippen molar-refractivity contribution in [3.05, 3.63) is 29.8 Å². The summed E-state index contributed by atoms with van der Waals surface area (Å²) in [7, 11) is 1.66. The number of hydrogen-bond acceptors (Lipinski definition) is 2. The molecule has 1 unspecified atom stereocenters. The Morgan fingerprint density at radius 3 is 2.67 bits per heavy atom. The zero-order chi connectivity index (χ0) is 13.0. The maximum atomic E-state index is 12.0. The summed E-state index contributed by atoms with van der Waals surface area (Å²) in [6.45, 7) is 4.07. The number of likely N-dealkylation sites (tertiary alicyclic amines) is 1. The van der Waals surface area contributed by atoms with E-state index in [2.05, 4.69) is 6.92 Å². The summed E-state index contributed by atoms with van der Waals surface area (Å²) >= 11 is 0. The SMILES string of the molecule is COc1ccc(CCC(=O)N2CCC(C)C2)cc1. The van der Waals surface area contributed by atoms with E-state index in [0.717, 1.165) is 31.7 Å². The molecule has 1 fully saturated rings. The topological polar surface area (TPSA) is 29.5 Å². The maximum absolute atomic E-state index is 12.0. The van der Waals surface area contributed by atoms with Gasteiger partial charge in [-0.2, -0.15) is 0 Å². The van der Waals surface area contributed by atoms with Gasteiger partial charge in [0.25, 0.3) is 0 Å². The van der Waals surface area contributed by atoms with Gasteiger partial charge in [-0.25, -0.2) is 0 Å². The Morgan fingerprint density at radius 1 is 1.39 bits per heavy atom. The first-order valence-corrected chi connectivity index (χ1v) is 6.59. The van der Waals surface area contributed by atoms with Crippen LogP contribution in [0, 0.1) is 5.92 Å². The van der Waals surface area contributed by atoms with Gasteiger partial charge in [0.1, 0.15) is 5.75 Å². The quantitative estimate of drug-likeness (QED) is 0.818. The molecule has 0 radical (unpaired) electrons. The van der Waals surface area contributed by atoms with Gasteiger partial charge in [-0.3, -0.25) is 4.79 Å². The molecule has 98 valence electrons. The van der Waals surface area contributed by atoms with Crippen molar-refractivity contribution in [3.8, 4) is 5.75 Å². The standard InChI is InChI=1S/C15H21NO2/c1-12-9-10-16(11-12)15(17)8-5-13-3-6-14(18-2)7-4-13/h3-4,6-7,12H,5,8-11H2,1-2H3. The molecule has 1 aliphatic rings. The molecule has 1 saturated heterocycles. The second-order valence-corrected chi connectivity index (χ2v) is 5.08. The van der Waals surface area contributed by atoms with Crippen molar-refractivity contribution < 1.29 is 9.53 Å². The minimum atomic E-state index is 0.287. The van der Waals surface area contributed by atoms with Crippen molar-refractivity contribution >= 4 is 5.91 Å². The number of aryl methyl sites for hydroxylation is 1. The van der Waals surface area contributed by atoms with E-state index in [-0.39, 0.29) is 5.91 Å². The lowest BCUT2D eigenvalue weighted by atomic mass is 10.1. The summed E-state index contributed by atoms with van der Waals surface area (Å²) in [6, 6.07) is 7.94. The largest absolute Gasteiger partial charge is 0.497 e. The number of benzene rings is 1. The van der Waals surface area contributed by atoms with Crippen molar-refractivity contribution in [1.29, 1.82) is 0 Å². The number of carbonyl (C=O) groups excluding carboxylic acids is 1. The van der Waals surface area contributed by atoms with E-state index < -0.39 is 0 Å². The van der Waals surface area contributed by atoms with E-state index in [0.29, 0.717) is 12.3 Å². The van der Waals surface area contributed by atoms with Gasteiger partial charge in [-0.1, -0.05) is 19.1 Å². The number of hydrogen-bond donors (Lipinski definition) is 0. The Bertz CT molecular complexity index is 399. The first kappa shape index (κ1) is 12.9. The molecule has 0 N–H and O–H groups in total. The minimum absolute atomic E-state index is 0.287. The highest BCUT2D eigenvalue weighted by atomic mass is 16.5. The highest BCUT2D eigenvalue weighted by Crippen LogP contribution is 2.17. The van der Waals surface area contributed by atoms with E-state index in [1.165, 1.54) is 5.56 Å². The van der Waals surface area contributed by atoms with E-state index in [1.807, 2.05) is 29.2 Å². The zero-order valence-electron chi connectivity index (χ0n) is 11.2. The van der Waals surface area contributed by atoms with Crippen LogP contribution in [0.4, 0.5) is 0 Å². The lowest BCUT2D eigenvalue weighted by Crippen LogP contribution is -2.28. The lowest BCUT2D eigenvalue weighted by Gasteiger charge is -2.15. The van der Waals surface area contributed by atoms with Crippen molar-refractivity contribution in [3.63, 3.8) is 0 Å². The van der Waals surface area contributed by atoms with Crippen LogP contribution in [0.15, 0.2) is 24.3 Å². The highest BCUT2D eigenvalue weighted by Gasteiger charge is 2.22. The van der Waals surface area contributed by atoms with Crippen LogP contribution in [0.3, 0.4) is 0 Å². The first-order valence-electron chi connectivity index (χ1n) is 6.59. The van der Waals surface area contributed by atoms with Gasteiger partial charge in [0, 0.05) is 19.5 Å². The second-order valence-electron chi connectivity index (χ2n) is 5.08. The Kier molecular flexibility index (Phi) is 4.24. The van der Waals surface area contributed by atoms with Gasteiger partial charge in [0.2, 0.25) is 5.91 Å². The van der Waals surface area contributed by atoms with Crippen LogP contribution in [-0.2, 0) is 11.2 Å². The molecule has 0 bridgehead atoms. The Balaban J connectivity index is 1.81. The number of amides is 1. The van der Waals surface area contributed by atoms with Crippen molar-refractivity contribution in [1.82, 2.24) is 4.90 Å².